The zero-order valence-corrected chi connectivity index (χ0v) is 16.2. The predicted octanol–water partition coefficient (Wildman–Crippen LogP) is 1.71. The van der Waals surface area contributed by atoms with Crippen LogP contribution in [0.2, 0.25) is 0 Å². The van der Waals surface area contributed by atoms with Crippen molar-refractivity contribution >= 4 is 5.91 Å². The first kappa shape index (κ1) is 19.2. The number of amides is 1. The Labute approximate surface area is 169 Å². The highest BCUT2D eigenvalue weighted by molar-refractivity contribution is 5.91. The summed E-state index contributed by atoms with van der Waals surface area (Å²) in [6.45, 7) is 5.81. The van der Waals surface area contributed by atoms with Gasteiger partial charge in [-0.25, -0.2) is 15.0 Å². The van der Waals surface area contributed by atoms with Gasteiger partial charge in [-0.3, -0.25) is 14.6 Å². The number of carbonyl (C=O) groups is 1. The van der Waals surface area contributed by atoms with Crippen LogP contribution in [0.5, 0.6) is 0 Å². The number of hydrogen-bond donors (Lipinski definition) is 1. The Morgan fingerprint density at radius 3 is 2.52 bits per heavy atom. The summed E-state index contributed by atoms with van der Waals surface area (Å²) in [7, 11) is 0. The molecule has 8 heteroatoms. The van der Waals surface area contributed by atoms with E-state index in [4.69, 9.17) is 4.42 Å². The maximum absolute atomic E-state index is 12.2. The second-order valence-corrected chi connectivity index (χ2v) is 7.05. The van der Waals surface area contributed by atoms with Crippen LogP contribution in [0, 0.1) is 0 Å². The van der Waals surface area contributed by atoms with Gasteiger partial charge in [-0.05, 0) is 11.6 Å². The van der Waals surface area contributed by atoms with Crippen molar-refractivity contribution < 1.29 is 9.21 Å². The normalized spacial score (nSPS) is 15.3. The van der Waals surface area contributed by atoms with Crippen LogP contribution in [0.1, 0.15) is 27.6 Å². The highest BCUT2D eigenvalue weighted by atomic mass is 16.3. The predicted molar refractivity (Wildman–Crippen MR) is 107 cm³/mol. The van der Waals surface area contributed by atoms with Crippen LogP contribution < -0.4 is 5.32 Å². The Morgan fingerprint density at radius 1 is 1.03 bits per heavy atom. The molecule has 0 radical (unpaired) electrons. The average molecular weight is 392 g/mol. The van der Waals surface area contributed by atoms with Crippen molar-refractivity contribution in [2.75, 3.05) is 26.2 Å². The summed E-state index contributed by atoms with van der Waals surface area (Å²) in [6, 6.07) is 12.3. The molecule has 0 atom stereocenters. The fourth-order valence-electron chi connectivity index (χ4n) is 3.31. The number of nitrogens with zero attached hydrogens (tertiary/aromatic N) is 5. The minimum Gasteiger partial charge on any atom is -0.447 e. The summed E-state index contributed by atoms with van der Waals surface area (Å²) in [6.07, 6.45) is 4.51. The molecule has 0 saturated carbocycles. The molecule has 0 unspecified atom stereocenters. The van der Waals surface area contributed by atoms with Crippen LogP contribution in [-0.4, -0.2) is 56.8 Å². The van der Waals surface area contributed by atoms with Gasteiger partial charge in [-0.1, -0.05) is 30.3 Å². The van der Waals surface area contributed by atoms with Crippen molar-refractivity contribution in [1.82, 2.24) is 30.1 Å². The van der Waals surface area contributed by atoms with Crippen molar-refractivity contribution in [3.05, 3.63) is 78.0 Å². The van der Waals surface area contributed by atoms with Crippen molar-refractivity contribution in [2.45, 2.75) is 19.6 Å². The first-order valence-electron chi connectivity index (χ1n) is 9.72. The van der Waals surface area contributed by atoms with E-state index >= 15 is 0 Å². The van der Waals surface area contributed by atoms with Crippen molar-refractivity contribution in [3.8, 4) is 0 Å². The second kappa shape index (κ2) is 9.40. The number of nitrogens with one attached hydrogen (secondary N) is 1. The third-order valence-electron chi connectivity index (χ3n) is 4.93. The largest absolute Gasteiger partial charge is 0.447 e. The third kappa shape index (κ3) is 5.46. The van der Waals surface area contributed by atoms with E-state index in [1.165, 1.54) is 18.2 Å². The van der Waals surface area contributed by atoms with E-state index in [1.807, 2.05) is 6.07 Å². The summed E-state index contributed by atoms with van der Waals surface area (Å²) in [5.41, 5.74) is 2.37. The lowest BCUT2D eigenvalue weighted by Gasteiger charge is -2.34. The molecule has 0 aliphatic carbocycles. The molecule has 1 amide bonds. The number of oxazole rings is 1. The molecule has 3 aromatic rings. The van der Waals surface area contributed by atoms with Gasteiger partial charge in [0.05, 0.1) is 18.8 Å². The lowest BCUT2D eigenvalue weighted by atomic mass is 10.2. The van der Waals surface area contributed by atoms with E-state index in [0.717, 1.165) is 38.4 Å². The molecule has 0 bridgehead atoms. The molecule has 1 fully saturated rings. The monoisotopic (exact) mass is 392 g/mol. The highest BCUT2D eigenvalue weighted by Gasteiger charge is 2.20. The molecule has 1 N–H and O–H groups in total. The fourth-order valence-corrected chi connectivity index (χ4v) is 3.31. The van der Waals surface area contributed by atoms with Gasteiger partial charge >= 0.3 is 0 Å². The van der Waals surface area contributed by atoms with Gasteiger partial charge in [-0.2, -0.15) is 0 Å². The number of piperazine rings is 1. The molecule has 2 aromatic heterocycles. The zero-order valence-electron chi connectivity index (χ0n) is 16.2. The molecular formula is C21H24N6O2. The van der Waals surface area contributed by atoms with Gasteiger partial charge in [0.1, 0.15) is 12.6 Å². The molecule has 150 valence electrons. The van der Waals surface area contributed by atoms with Crippen LogP contribution >= 0.6 is 0 Å². The molecular weight excluding hydrogens is 368 g/mol. The number of rotatable bonds is 7. The quantitative estimate of drug-likeness (QED) is 0.655. The van der Waals surface area contributed by atoms with Gasteiger partial charge in [0, 0.05) is 38.9 Å². The van der Waals surface area contributed by atoms with Crippen LogP contribution in [0.4, 0.5) is 0 Å². The molecule has 29 heavy (non-hydrogen) atoms. The second-order valence-electron chi connectivity index (χ2n) is 7.05. The van der Waals surface area contributed by atoms with E-state index in [-0.39, 0.29) is 11.6 Å². The summed E-state index contributed by atoms with van der Waals surface area (Å²) in [5.74, 6) is 0.292. The van der Waals surface area contributed by atoms with Gasteiger partial charge in [0.2, 0.25) is 5.89 Å². The van der Waals surface area contributed by atoms with Crippen molar-refractivity contribution in [3.63, 3.8) is 0 Å². The van der Waals surface area contributed by atoms with Gasteiger partial charge in [0.25, 0.3) is 5.91 Å². The maximum Gasteiger partial charge on any atom is 0.273 e. The molecule has 0 spiro atoms. The van der Waals surface area contributed by atoms with Gasteiger partial charge < -0.3 is 9.73 Å². The topological polar surface area (TPSA) is 87.4 Å². The third-order valence-corrected chi connectivity index (χ3v) is 4.93. The van der Waals surface area contributed by atoms with Crippen LogP contribution in [-0.2, 0) is 19.6 Å². The van der Waals surface area contributed by atoms with E-state index in [2.05, 4.69) is 54.3 Å². The first-order valence-corrected chi connectivity index (χ1v) is 9.72. The number of hydrogen-bond acceptors (Lipinski definition) is 7. The molecule has 1 saturated heterocycles. The van der Waals surface area contributed by atoms with E-state index in [9.17, 15) is 4.79 Å². The number of benzene rings is 1. The minimum absolute atomic E-state index is 0.272. The Bertz CT molecular complexity index is 907. The Kier molecular flexibility index (Phi) is 6.23. The van der Waals surface area contributed by atoms with Gasteiger partial charge in [-0.15, -0.1) is 0 Å². The molecule has 1 aromatic carbocycles. The Balaban J connectivity index is 1.23. The van der Waals surface area contributed by atoms with Gasteiger partial charge in [0.15, 0.2) is 5.69 Å². The van der Waals surface area contributed by atoms with E-state index < -0.39 is 0 Å². The fraction of sp³-hybridized carbons (Fsp3) is 0.333. The van der Waals surface area contributed by atoms with Crippen molar-refractivity contribution in [1.29, 1.82) is 0 Å². The average Bonchev–Trinajstić information content (AvgIpc) is 3.23. The van der Waals surface area contributed by atoms with Crippen LogP contribution in [0.15, 0.2) is 59.6 Å². The summed E-state index contributed by atoms with van der Waals surface area (Å²) < 4.78 is 5.51. The van der Waals surface area contributed by atoms with Crippen LogP contribution in [0.3, 0.4) is 0 Å². The lowest BCUT2D eigenvalue weighted by Crippen LogP contribution is -2.45. The summed E-state index contributed by atoms with van der Waals surface area (Å²) in [4.78, 5) is 29.3. The van der Waals surface area contributed by atoms with E-state index in [0.29, 0.717) is 19.0 Å². The van der Waals surface area contributed by atoms with E-state index in [1.54, 1.807) is 12.3 Å². The summed E-state index contributed by atoms with van der Waals surface area (Å²) >= 11 is 0. The molecule has 1 aliphatic rings. The smallest absolute Gasteiger partial charge is 0.273 e. The highest BCUT2D eigenvalue weighted by Crippen LogP contribution is 2.12. The summed E-state index contributed by atoms with van der Waals surface area (Å²) in [5, 5.41) is 2.79. The number of aromatic nitrogens is 3. The molecule has 8 nitrogen and oxygen atoms in total. The molecule has 4 rings (SSSR count). The minimum atomic E-state index is -0.272. The molecule has 1 aliphatic heterocycles. The standard InChI is InChI=1S/C21H24N6O2/c28-21(23-12-18-6-7-22-16-24-18)19-15-29-20(25-19)14-27-10-8-26(9-11-27)13-17-4-2-1-3-5-17/h1-7,15-16H,8-14H2,(H,23,28). The Morgan fingerprint density at radius 2 is 1.79 bits per heavy atom. The molecule has 3 heterocycles. The van der Waals surface area contributed by atoms with Crippen LogP contribution in [0.25, 0.3) is 0 Å². The number of carbonyl (C=O) groups excluding carboxylic acids is 1. The van der Waals surface area contributed by atoms with Crippen molar-refractivity contribution in [2.24, 2.45) is 0 Å². The SMILES string of the molecule is O=C(NCc1ccncn1)c1coc(CN2CCN(Cc3ccccc3)CC2)n1. The Hall–Kier alpha value is -3.10. The zero-order chi connectivity index (χ0) is 19.9. The maximum atomic E-state index is 12.2. The lowest BCUT2D eigenvalue weighted by molar-refractivity contribution is 0.0945. The first-order chi connectivity index (χ1) is 14.3.